The predicted molar refractivity (Wildman–Crippen MR) is 71.4 cm³/mol. The van der Waals surface area contributed by atoms with Crippen LogP contribution in [0, 0.1) is 0 Å². The van der Waals surface area contributed by atoms with Crippen molar-refractivity contribution in [2.45, 2.75) is 19.5 Å². The number of benzene rings is 1. The van der Waals surface area contributed by atoms with Gasteiger partial charge in [-0.25, -0.2) is 0 Å². The van der Waals surface area contributed by atoms with Crippen LogP contribution in [0.5, 0.6) is 5.75 Å². The number of carbonyl (C=O) groups is 2. The Morgan fingerprint density at radius 2 is 1.91 bits per heavy atom. The second-order valence-electron chi connectivity index (χ2n) is 4.49. The third-order valence-corrected chi connectivity index (χ3v) is 2.72. The number of hydrogen-bond donors (Lipinski definition) is 1. The summed E-state index contributed by atoms with van der Waals surface area (Å²) in [5.74, 6) is -2.34. The van der Waals surface area contributed by atoms with Gasteiger partial charge in [0.15, 0.2) is 6.61 Å². The van der Waals surface area contributed by atoms with Gasteiger partial charge in [0.1, 0.15) is 12.3 Å². The van der Waals surface area contributed by atoms with Crippen molar-refractivity contribution in [3.05, 3.63) is 29.8 Å². The molecule has 8 heteroatoms. The van der Waals surface area contributed by atoms with Gasteiger partial charge in [0, 0.05) is 6.54 Å². The van der Waals surface area contributed by atoms with Crippen molar-refractivity contribution in [1.29, 1.82) is 0 Å². The summed E-state index contributed by atoms with van der Waals surface area (Å²) >= 11 is 0. The van der Waals surface area contributed by atoms with Crippen molar-refractivity contribution in [3.8, 4) is 5.75 Å². The molecule has 1 rings (SSSR count). The Hall–Kier alpha value is -2.25. The van der Waals surface area contributed by atoms with E-state index >= 15 is 0 Å². The van der Waals surface area contributed by atoms with E-state index in [1.54, 1.807) is 6.92 Å². The molecule has 5 nitrogen and oxygen atoms in total. The number of amides is 1. The molecule has 0 aliphatic rings. The Bertz CT molecular complexity index is 531. The van der Waals surface area contributed by atoms with E-state index in [2.05, 4.69) is 0 Å². The van der Waals surface area contributed by atoms with Crippen LogP contribution in [0.4, 0.5) is 13.2 Å². The molecule has 0 atom stereocenters. The van der Waals surface area contributed by atoms with Gasteiger partial charge in [-0.2, -0.15) is 13.2 Å². The molecule has 0 saturated carbocycles. The van der Waals surface area contributed by atoms with Gasteiger partial charge in [0.05, 0.1) is 5.56 Å². The van der Waals surface area contributed by atoms with Crippen LogP contribution in [0.1, 0.15) is 18.9 Å². The quantitative estimate of drug-likeness (QED) is 0.838. The number of halogens is 3. The molecule has 0 unspecified atom stereocenters. The van der Waals surface area contributed by atoms with Gasteiger partial charge in [0.2, 0.25) is 0 Å². The molecule has 0 aliphatic carbocycles. The molecule has 1 amide bonds. The van der Waals surface area contributed by atoms with Gasteiger partial charge >= 0.3 is 12.1 Å². The summed E-state index contributed by atoms with van der Waals surface area (Å²) in [7, 11) is 0. The lowest BCUT2D eigenvalue weighted by molar-refractivity contribution is -0.145. The Kier molecular flexibility index (Phi) is 6.21. The van der Waals surface area contributed by atoms with E-state index in [0.29, 0.717) is 6.42 Å². The van der Waals surface area contributed by atoms with Crippen LogP contribution in [0.2, 0.25) is 0 Å². The van der Waals surface area contributed by atoms with E-state index in [4.69, 9.17) is 9.84 Å². The first kappa shape index (κ1) is 17.8. The highest BCUT2D eigenvalue weighted by Gasteiger charge is 2.34. The van der Waals surface area contributed by atoms with E-state index in [1.807, 2.05) is 0 Å². The fraction of sp³-hybridized carbons (Fsp3) is 0.429. The number of rotatable bonds is 7. The summed E-state index contributed by atoms with van der Waals surface area (Å²) in [6, 6.07) is 4.53. The number of carboxylic acid groups (broad SMARTS) is 1. The average Bonchev–Trinajstić information content (AvgIpc) is 2.43. The van der Waals surface area contributed by atoms with E-state index in [0.717, 1.165) is 17.0 Å². The minimum absolute atomic E-state index is 0.190. The highest BCUT2D eigenvalue weighted by Crippen LogP contribution is 2.35. The predicted octanol–water partition coefficient (Wildman–Crippen LogP) is 2.41. The highest BCUT2D eigenvalue weighted by molar-refractivity contribution is 5.82. The number of aliphatic carboxylic acids is 1. The molecular weight excluding hydrogens is 303 g/mol. The van der Waals surface area contributed by atoms with Crippen LogP contribution in [-0.4, -0.2) is 41.6 Å². The maximum Gasteiger partial charge on any atom is 0.419 e. The maximum atomic E-state index is 12.8. The van der Waals surface area contributed by atoms with Crippen LogP contribution in [-0.2, 0) is 15.8 Å². The van der Waals surface area contributed by atoms with Crippen molar-refractivity contribution < 1.29 is 32.6 Å². The number of alkyl halides is 3. The van der Waals surface area contributed by atoms with Gasteiger partial charge in [-0.3, -0.25) is 9.59 Å². The molecule has 0 fully saturated rings. The van der Waals surface area contributed by atoms with E-state index < -0.39 is 42.5 Å². The summed E-state index contributed by atoms with van der Waals surface area (Å²) in [6.07, 6.45) is -4.07. The zero-order valence-corrected chi connectivity index (χ0v) is 11.9. The van der Waals surface area contributed by atoms with Crippen molar-refractivity contribution in [2.24, 2.45) is 0 Å². The topological polar surface area (TPSA) is 66.8 Å². The summed E-state index contributed by atoms with van der Waals surface area (Å²) in [4.78, 5) is 23.6. The fourth-order valence-corrected chi connectivity index (χ4v) is 1.78. The van der Waals surface area contributed by atoms with Gasteiger partial charge in [-0.05, 0) is 18.6 Å². The average molecular weight is 319 g/mol. The molecule has 22 heavy (non-hydrogen) atoms. The molecule has 0 saturated heterocycles. The zero-order chi connectivity index (χ0) is 16.8. The minimum Gasteiger partial charge on any atom is -0.483 e. The standard InChI is InChI=1S/C14H16F3NO4/c1-2-7-18(8-13(20)21)12(19)9-22-11-6-4-3-5-10(11)14(15,16)17/h3-6H,2,7-9H2,1H3,(H,20,21). The van der Waals surface area contributed by atoms with E-state index in [1.165, 1.54) is 12.1 Å². The molecule has 0 aliphatic heterocycles. The maximum absolute atomic E-state index is 12.8. The van der Waals surface area contributed by atoms with Crippen LogP contribution in [0.3, 0.4) is 0 Å². The Morgan fingerprint density at radius 3 is 2.45 bits per heavy atom. The molecule has 1 aromatic rings. The number of carbonyl (C=O) groups excluding carboxylic acids is 1. The molecule has 0 bridgehead atoms. The third kappa shape index (κ3) is 5.27. The van der Waals surface area contributed by atoms with Crippen molar-refractivity contribution in [2.75, 3.05) is 19.7 Å². The zero-order valence-electron chi connectivity index (χ0n) is 11.9. The largest absolute Gasteiger partial charge is 0.483 e. The number of ether oxygens (including phenoxy) is 1. The van der Waals surface area contributed by atoms with E-state index in [-0.39, 0.29) is 6.54 Å². The number of nitrogens with zero attached hydrogens (tertiary/aromatic N) is 1. The summed E-state index contributed by atoms with van der Waals surface area (Å²) in [5.41, 5.74) is -0.983. The first-order valence-corrected chi connectivity index (χ1v) is 6.54. The second-order valence-corrected chi connectivity index (χ2v) is 4.49. The first-order valence-electron chi connectivity index (χ1n) is 6.54. The molecular formula is C14H16F3NO4. The van der Waals surface area contributed by atoms with Crippen LogP contribution >= 0.6 is 0 Å². The van der Waals surface area contributed by atoms with Crippen LogP contribution < -0.4 is 4.74 Å². The fourth-order valence-electron chi connectivity index (χ4n) is 1.78. The van der Waals surface area contributed by atoms with Gasteiger partial charge in [0.25, 0.3) is 5.91 Å². The number of para-hydroxylation sites is 1. The Morgan fingerprint density at radius 1 is 1.27 bits per heavy atom. The van der Waals surface area contributed by atoms with Crippen molar-refractivity contribution >= 4 is 11.9 Å². The second kappa shape index (κ2) is 7.67. The smallest absolute Gasteiger partial charge is 0.419 e. The molecule has 0 radical (unpaired) electrons. The van der Waals surface area contributed by atoms with Gasteiger partial charge in [-0.15, -0.1) is 0 Å². The third-order valence-electron chi connectivity index (χ3n) is 2.72. The van der Waals surface area contributed by atoms with Gasteiger partial charge < -0.3 is 14.7 Å². The van der Waals surface area contributed by atoms with Gasteiger partial charge in [-0.1, -0.05) is 19.1 Å². The van der Waals surface area contributed by atoms with Crippen LogP contribution in [0.15, 0.2) is 24.3 Å². The Labute approximate surface area is 125 Å². The molecule has 122 valence electrons. The number of hydrogen-bond acceptors (Lipinski definition) is 3. The summed E-state index contributed by atoms with van der Waals surface area (Å²) in [6.45, 7) is 0.772. The normalized spacial score (nSPS) is 11.1. The molecule has 0 spiro atoms. The SMILES string of the molecule is CCCN(CC(=O)O)C(=O)COc1ccccc1C(F)(F)F. The lowest BCUT2D eigenvalue weighted by Gasteiger charge is -2.20. The minimum atomic E-state index is -4.59. The molecule has 0 heterocycles. The number of carboxylic acids is 1. The monoisotopic (exact) mass is 319 g/mol. The van der Waals surface area contributed by atoms with Crippen molar-refractivity contribution in [1.82, 2.24) is 4.90 Å². The lowest BCUT2D eigenvalue weighted by Crippen LogP contribution is -2.39. The lowest BCUT2D eigenvalue weighted by atomic mass is 10.2. The Balaban J connectivity index is 2.76. The van der Waals surface area contributed by atoms with Crippen molar-refractivity contribution in [3.63, 3.8) is 0 Å². The van der Waals surface area contributed by atoms with E-state index in [9.17, 15) is 22.8 Å². The molecule has 1 N–H and O–H groups in total. The van der Waals surface area contributed by atoms with Crippen LogP contribution in [0.25, 0.3) is 0 Å². The first-order chi connectivity index (χ1) is 10.3. The molecule has 0 aromatic heterocycles. The molecule has 1 aromatic carbocycles. The highest BCUT2D eigenvalue weighted by atomic mass is 19.4. The summed E-state index contributed by atoms with van der Waals surface area (Å²) in [5, 5.41) is 8.71. The summed E-state index contributed by atoms with van der Waals surface area (Å²) < 4.78 is 43.2.